The second-order valence-electron chi connectivity index (χ2n) is 8.36. The molecule has 2 aromatic rings. The second kappa shape index (κ2) is 11.9. The van der Waals surface area contributed by atoms with Crippen molar-refractivity contribution in [1.82, 2.24) is 15.5 Å². The number of hydrogen-bond acceptors (Lipinski definition) is 3. The number of anilines is 1. The molecule has 0 radical (unpaired) electrons. The van der Waals surface area contributed by atoms with Gasteiger partial charge < -0.3 is 0 Å². The third-order valence-electron chi connectivity index (χ3n) is 6.03. The molecule has 180 valence electrons. The number of nitrogens with zero attached hydrogens (tertiary/aromatic N) is 2. The van der Waals surface area contributed by atoms with Crippen LogP contribution in [0.5, 0.6) is 0 Å². The standard InChI is InChI=1S/C25H32N5O2.Ni/c1-5-21(26-6-2)24(31)28-23(19-10-8-7-9-11-19)25(32)27-20-14-12-18(13-15-20)22-16(3)29-30-17(22)4;/h1,5,12-15,19,23H,6-11H2,2-4H3,(H,27,32)(H,28,31)(H,29,30);/q-1;/b21-5-;/t23-;/m0./s1. The number of allylic oxidation sites excluding steroid dienone is 1. The summed E-state index contributed by atoms with van der Waals surface area (Å²) >= 11 is 4.57. The van der Waals surface area contributed by atoms with E-state index >= 15 is 0 Å². The van der Waals surface area contributed by atoms with Crippen molar-refractivity contribution in [2.24, 2.45) is 5.92 Å². The molecular formula is C25H32N5NiO2-. The van der Waals surface area contributed by atoms with Crippen molar-refractivity contribution in [2.75, 3.05) is 11.9 Å². The van der Waals surface area contributed by atoms with Gasteiger partial charge in [0.15, 0.2) is 0 Å². The predicted molar refractivity (Wildman–Crippen MR) is 129 cm³/mol. The topological polar surface area (TPSA) is 101 Å². The Morgan fingerprint density at radius 1 is 1.21 bits per heavy atom. The van der Waals surface area contributed by atoms with Crippen molar-refractivity contribution in [3.8, 4) is 11.1 Å². The maximum atomic E-state index is 13.3. The van der Waals surface area contributed by atoms with Crippen molar-refractivity contribution in [3.63, 3.8) is 0 Å². The number of amides is 2. The van der Waals surface area contributed by atoms with Crippen molar-refractivity contribution in [1.29, 1.82) is 0 Å². The van der Waals surface area contributed by atoms with E-state index in [0.29, 0.717) is 12.2 Å². The molecule has 33 heavy (non-hydrogen) atoms. The molecule has 1 heterocycles. The van der Waals surface area contributed by atoms with Gasteiger partial charge in [-0.3, -0.25) is 5.10 Å². The average Bonchev–Trinajstić information content (AvgIpc) is 3.16. The Labute approximate surface area is 203 Å². The summed E-state index contributed by atoms with van der Waals surface area (Å²) in [5.41, 5.74) is 4.98. The molecule has 1 atom stereocenters. The molecule has 1 fully saturated rings. The monoisotopic (exact) mass is 492 g/mol. The molecule has 1 aliphatic rings. The number of aryl methyl sites for hydroxylation is 2. The SMILES string of the molecule is CC[N-]/C(=C\[CH]=[Ni])C(=O)N[C@H](C(=O)Nc1ccc(-c2c(C)n[nH]c2C)cc1)C1CCCCC1. The summed E-state index contributed by atoms with van der Waals surface area (Å²) in [7, 11) is 0. The molecule has 0 aliphatic heterocycles. The van der Waals surface area contributed by atoms with E-state index in [4.69, 9.17) is 0 Å². The Hall–Kier alpha value is -2.73. The fraction of sp³-hybridized carbons (Fsp3) is 0.440. The molecule has 1 aromatic carbocycles. The number of aromatic nitrogens is 2. The number of likely N-dealkylation sites (N-methyl/N-ethyl adjacent to an activating group) is 1. The first-order chi connectivity index (χ1) is 15.9. The predicted octanol–water partition coefficient (Wildman–Crippen LogP) is 4.32. The molecule has 1 aromatic heterocycles. The summed E-state index contributed by atoms with van der Waals surface area (Å²) in [4.78, 5) is 27.6. The molecule has 8 heteroatoms. The zero-order chi connectivity index (χ0) is 23.8. The number of nitrogens with one attached hydrogen (secondary N) is 3. The summed E-state index contributed by atoms with van der Waals surface area (Å²) in [5, 5.41) is 17.4. The second-order valence-corrected chi connectivity index (χ2v) is 8.69. The number of carbonyl (C=O) groups excluding carboxylic acids is 2. The first-order valence-electron chi connectivity index (χ1n) is 11.5. The van der Waals surface area contributed by atoms with Crippen LogP contribution in [0.15, 0.2) is 36.0 Å². The van der Waals surface area contributed by atoms with Crippen LogP contribution in [0.4, 0.5) is 5.69 Å². The molecule has 0 spiro atoms. The van der Waals surface area contributed by atoms with Crippen LogP contribution in [0.1, 0.15) is 50.4 Å². The van der Waals surface area contributed by atoms with Gasteiger partial charge in [0.2, 0.25) is 0 Å². The van der Waals surface area contributed by atoms with Gasteiger partial charge in [0.25, 0.3) is 0 Å². The van der Waals surface area contributed by atoms with Crippen LogP contribution in [0.25, 0.3) is 16.4 Å². The number of benzene rings is 1. The molecule has 0 bridgehead atoms. The van der Waals surface area contributed by atoms with E-state index in [1.165, 1.54) is 11.1 Å². The molecule has 1 aliphatic carbocycles. The van der Waals surface area contributed by atoms with Gasteiger partial charge in [-0.2, -0.15) is 5.10 Å². The number of carbonyl (C=O) groups is 2. The molecule has 0 unspecified atom stereocenters. The minimum atomic E-state index is -0.625. The Morgan fingerprint density at radius 2 is 1.91 bits per heavy atom. The Morgan fingerprint density at radius 3 is 2.48 bits per heavy atom. The molecule has 2 amide bonds. The van der Waals surface area contributed by atoms with Gasteiger partial charge >= 0.3 is 162 Å². The molecule has 7 nitrogen and oxygen atoms in total. The zero-order valence-corrected chi connectivity index (χ0v) is 20.4. The fourth-order valence-corrected chi connectivity index (χ4v) is 4.57. The molecule has 0 saturated heterocycles. The van der Waals surface area contributed by atoms with Crippen LogP contribution in [0.2, 0.25) is 0 Å². The normalized spacial score (nSPS) is 15.6. The van der Waals surface area contributed by atoms with E-state index in [2.05, 4.69) is 41.2 Å². The van der Waals surface area contributed by atoms with Crippen molar-refractivity contribution >= 4 is 22.5 Å². The van der Waals surface area contributed by atoms with Crippen molar-refractivity contribution in [3.05, 3.63) is 52.7 Å². The summed E-state index contributed by atoms with van der Waals surface area (Å²) in [5.74, 6) is -0.479. The summed E-state index contributed by atoms with van der Waals surface area (Å²) < 4.78 is 0. The van der Waals surface area contributed by atoms with Crippen LogP contribution in [-0.4, -0.2) is 39.6 Å². The Kier molecular flexibility index (Phi) is 9.01. The number of aromatic amines is 1. The van der Waals surface area contributed by atoms with Gasteiger partial charge in [-0.15, -0.1) is 0 Å². The van der Waals surface area contributed by atoms with Crippen molar-refractivity contribution in [2.45, 2.75) is 58.9 Å². The molecule has 3 N–H and O–H groups in total. The average molecular weight is 493 g/mol. The van der Waals surface area contributed by atoms with Crippen molar-refractivity contribution < 1.29 is 24.6 Å². The van der Waals surface area contributed by atoms with Gasteiger partial charge in [-0.1, -0.05) is 0 Å². The van der Waals surface area contributed by atoms with Gasteiger partial charge in [-0.05, 0) is 13.8 Å². The van der Waals surface area contributed by atoms with Crippen LogP contribution in [-0.2, 0) is 24.6 Å². The van der Waals surface area contributed by atoms with Gasteiger partial charge in [-0.25, -0.2) is 0 Å². The number of rotatable bonds is 9. The third kappa shape index (κ3) is 6.41. The minimum absolute atomic E-state index is 0.0939. The first-order valence-corrected chi connectivity index (χ1v) is 12.0. The van der Waals surface area contributed by atoms with Crippen LogP contribution < -0.4 is 10.6 Å². The zero-order valence-electron chi connectivity index (χ0n) is 19.4. The van der Waals surface area contributed by atoms with Crippen LogP contribution >= 0.6 is 0 Å². The fourth-order valence-electron chi connectivity index (χ4n) is 4.42. The van der Waals surface area contributed by atoms with E-state index in [-0.39, 0.29) is 23.4 Å². The molecule has 3 rings (SSSR count). The van der Waals surface area contributed by atoms with E-state index in [1.54, 1.807) is 0 Å². The number of hydrogen-bond donors (Lipinski definition) is 3. The Bertz CT molecular complexity index is 987. The van der Waals surface area contributed by atoms with Gasteiger partial charge in [0.1, 0.15) is 0 Å². The summed E-state index contributed by atoms with van der Waals surface area (Å²) in [6.07, 6.45) is 6.63. The van der Waals surface area contributed by atoms with Gasteiger partial charge in [0.05, 0.1) is 5.69 Å². The van der Waals surface area contributed by atoms with E-state index < -0.39 is 6.04 Å². The maximum absolute atomic E-state index is 13.3. The number of H-pyrrole nitrogens is 1. The Balaban J connectivity index is 1.76. The van der Waals surface area contributed by atoms with Crippen LogP contribution in [0, 0.1) is 19.8 Å². The summed E-state index contributed by atoms with van der Waals surface area (Å²) in [6.45, 7) is 6.27. The molecular weight excluding hydrogens is 461 g/mol. The third-order valence-corrected chi connectivity index (χ3v) is 6.20. The van der Waals surface area contributed by atoms with Gasteiger partial charge in [0, 0.05) is 11.3 Å². The quantitative estimate of drug-likeness (QED) is 0.358. The molecule has 1 saturated carbocycles. The first kappa shape index (κ1) is 24.9. The van der Waals surface area contributed by atoms with E-state index in [9.17, 15) is 9.59 Å². The van der Waals surface area contributed by atoms with E-state index in [1.807, 2.05) is 45.0 Å². The van der Waals surface area contributed by atoms with E-state index in [0.717, 1.165) is 54.6 Å². The summed E-state index contributed by atoms with van der Waals surface area (Å²) in [6, 6.07) is 7.07. The van der Waals surface area contributed by atoms with Crippen LogP contribution in [0.3, 0.4) is 0 Å².